The van der Waals surface area contributed by atoms with Crippen LogP contribution in [0, 0.1) is 11.3 Å². The van der Waals surface area contributed by atoms with Crippen molar-refractivity contribution in [2.24, 2.45) is 11.3 Å². The van der Waals surface area contributed by atoms with Gasteiger partial charge in [0, 0.05) is 6.04 Å². The highest BCUT2D eigenvalue weighted by atomic mass is 32.2. The van der Waals surface area contributed by atoms with Gasteiger partial charge in [0.2, 0.25) is 10.0 Å². The summed E-state index contributed by atoms with van der Waals surface area (Å²) in [6.07, 6.45) is 4.42. The molecule has 1 saturated carbocycles. The van der Waals surface area contributed by atoms with Crippen molar-refractivity contribution in [1.82, 2.24) is 4.72 Å². The van der Waals surface area contributed by atoms with Crippen LogP contribution in [0.4, 0.5) is 0 Å². The Morgan fingerprint density at radius 3 is 2.14 bits per heavy atom. The largest absolute Gasteiger partial charge is 0.213 e. The van der Waals surface area contributed by atoms with E-state index in [0.717, 1.165) is 12.8 Å². The van der Waals surface area contributed by atoms with Gasteiger partial charge in [0.25, 0.3) is 0 Å². The average Bonchev–Trinajstić information content (AvgIpc) is 1.75. The van der Waals surface area contributed by atoms with E-state index in [2.05, 4.69) is 25.5 Å². The van der Waals surface area contributed by atoms with Crippen LogP contribution in [0.3, 0.4) is 0 Å². The van der Waals surface area contributed by atoms with E-state index in [1.165, 1.54) is 12.7 Å². The molecule has 3 nitrogen and oxygen atoms in total. The molecule has 0 amide bonds. The van der Waals surface area contributed by atoms with E-state index in [9.17, 15) is 8.42 Å². The Balaban J connectivity index is 2.25. The molecule has 0 atom stereocenters. The zero-order chi connectivity index (χ0) is 11.0. The normalized spacial score (nSPS) is 28.6. The predicted molar refractivity (Wildman–Crippen MR) is 58.6 cm³/mol. The topological polar surface area (TPSA) is 46.2 Å². The Hall–Kier alpha value is -0.0900. The summed E-state index contributed by atoms with van der Waals surface area (Å²) in [6, 6.07) is 0.192. The lowest BCUT2D eigenvalue weighted by Crippen LogP contribution is -2.44. The summed E-state index contributed by atoms with van der Waals surface area (Å²) in [4.78, 5) is 0. The average molecular weight is 219 g/mol. The molecule has 0 aliphatic heterocycles. The molecule has 4 heteroatoms. The lowest BCUT2D eigenvalue weighted by Gasteiger charge is -2.38. The van der Waals surface area contributed by atoms with E-state index in [1.807, 2.05) is 0 Å². The second-order valence-electron chi connectivity index (χ2n) is 5.69. The molecule has 1 aliphatic rings. The summed E-state index contributed by atoms with van der Waals surface area (Å²) in [5.74, 6) is 0.703. The van der Waals surface area contributed by atoms with Crippen molar-refractivity contribution in [3.8, 4) is 0 Å². The van der Waals surface area contributed by atoms with Crippen LogP contribution >= 0.6 is 0 Å². The van der Waals surface area contributed by atoms with Crippen molar-refractivity contribution in [3.63, 3.8) is 0 Å². The van der Waals surface area contributed by atoms with Gasteiger partial charge in [-0.3, -0.25) is 0 Å². The molecule has 1 rings (SSSR count). The number of hydrogen-bond acceptors (Lipinski definition) is 2. The number of sulfonamides is 1. The van der Waals surface area contributed by atoms with Crippen molar-refractivity contribution in [2.45, 2.75) is 46.1 Å². The third-order valence-electron chi connectivity index (χ3n) is 2.52. The van der Waals surface area contributed by atoms with E-state index in [-0.39, 0.29) is 6.04 Å². The van der Waals surface area contributed by atoms with E-state index in [0.29, 0.717) is 11.3 Å². The minimum absolute atomic E-state index is 0.192. The highest BCUT2D eigenvalue weighted by molar-refractivity contribution is 7.88. The van der Waals surface area contributed by atoms with Crippen LogP contribution in [0.1, 0.15) is 40.0 Å². The predicted octanol–water partition coefficient (Wildman–Crippen LogP) is 1.75. The fourth-order valence-electron chi connectivity index (χ4n) is 2.17. The number of nitrogens with one attached hydrogen (secondary N) is 1. The number of rotatable bonds is 3. The molecule has 0 heterocycles. The number of hydrogen-bond donors (Lipinski definition) is 1. The van der Waals surface area contributed by atoms with Gasteiger partial charge in [-0.15, -0.1) is 0 Å². The van der Waals surface area contributed by atoms with Gasteiger partial charge in [0.1, 0.15) is 0 Å². The molecule has 1 fully saturated rings. The Morgan fingerprint density at radius 2 is 1.79 bits per heavy atom. The molecule has 1 N–H and O–H groups in total. The summed E-state index contributed by atoms with van der Waals surface area (Å²) >= 11 is 0. The molecule has 84 valence electrons. The van der Waals surface area contributed by atoms with E-state index >= 15 is 0 Å². The highest BCUT2D eigenvalue weighted by Gasteiger charge is 2.33. The first kappa shape index (κ1) is 12.0. The fourth-order valence-corrected chi connectivity index (χ4v) is 2.97. The van der Waals surface area contributed by atoms with Crippen LogP contribution in [-0.2, 0) is 10.0 Å². The highest BCUT2D eigenvalue weighted by Crippen LogP contribution is 2.37. The van der Waals surface area contributed by atoms with Crippen molar-refractivity contribution in [3.05, 3.63) is 0 Å². The van der Waals surface area contributed by atoms with Crippen molar-refractivity contribution < 1.29 is 8.42 Å². The monoisotopic (exact) mass is 219 g/mol. The second-order valence-corrected chi connectivity index (χ2v) is 7.47. The molecule has 0 unspecified atom stereocenters. The minimum atomic E-state index is -3.00. The van der Waals surface area contributed by atoms with Gasteiger partial charge in [-0.1, -0.05) is 20.8 Å². The molecule has 0 saturated heterocycles. The molecule has 0 bridgehead atoms. The van der Waals surface area contributed by atoms with E-state index in [4.69, 9.17) is 0 Å². The molecule has 0 spiro atoms. The van der Waals surface area contributed by atoms with Crippen LogP contribution in [0.5, 0.6) is 0 Å². The van der Waals surface area contributed by atoms with E-state index in [1.54, 1.807) is 0 Å². The van der Waals surface area contributed by atoms with Crippen molar-refractivity contribution in [2.75, 3.05) is 6.26 Å². The fraction of sp³-hybridized carbons (Fsp3) is 1.00. The van der Waals surface area contributed by atoms with Gasteiger partial charge in [-0.2, -0.15) is 0 Å². The third kappa shape index (κ3) is 4.42. The van der Waals surface area contributed by atoms with Crippen LogP contribution in [0.25, 0.3) is 0 Å². The quantitative estimate of drug-likeness (QED) is 0.786. The Morgan fingerprint density at radius 1 is 1.29 bits per heavy atom. The first-order chi connectivity index (χ1) is 6.16. The van der Waals surface area contributed by atoms with Crippen molar-refractivity contribution in [1.29, 1.82) is 0 Å². The Kier molecular flexibility index (Phi) is 3.26. The molecule has 0 aromatic heterocycles. The molecular weight excluding hydrogens is 198 g/mol. The first-order valence-corrected chi connectivity index (χ1v) is 7.02. The lowest BCUT2D eigenvalue weighted by molar-refractivity contribution is 0.173. The zero-order valence-electron chi connectivity index (χ0n) is 9.50. The minimum Gasteiger partial charge on any atom is -0.213 e. The SMILES string of the molecule is CC(C)(C)CC1CC(NS(C)(=O)=O)C1. The lowest BCUT2D eigenvalue weighted by atomic mass is 9.72. The molecule has 0 aromatic carbocycles. The summed E-state index contributed by atoms with van der Waals surface area (Å²) in [5.41, 5.74) is 0.362. The van der Waals surface area contributed by atoms with Gasteiger partial charge in [-0.05, 0) is 30.6 Å². The molecular formula is C10H21NO2S. The van der Waals surface area contributed by atoms with Gasteiger partial charge in [0.15, 0.2) is 0 Å². The van der Waals surface area contributed by atoms with Crippen LogP contribution in [0.15, 0.2) is 0 Å². The maximum atomic E-state index is 10.9. The summed E-state index contributed by atoms with van der Waals surface area (Å²) < 4.78 is 24.5. The molecule has 0 radical (unpaired) electrons. The summed E-state index contributed by atoms with van der Waals surface area (Å²) in [5, 5.41) is 0. The van der Waals surface area contributed by atoms with Crippen LogP contribution in [-0.4, -0.2) is 20.7 Å². The molecule has 1 aliphatic carbocycles. The van der Waals surface area contributed by atoms with Crippen LogP contribution < -0.4 is 4.72 Å². The Bertz CT molecular complexity index is 284. The second kappa shape index (κ2) is 3.81. The standard InChI is InChI=1S/C10H21NO2S/c1-10(2,3)7-8-5-9(6-8)11-14(4,12)13/h8-9,11H,5-7H2,1-4H3. The summed E-state index contributed by atoms with van der Waals surface area (Å²) in [7, 11) is -3.00. The third-order valence-corrected chi connectivity index (χ3v) is 3.28. The van der Waals surface area contributed by atoms with E-state index < -0.39 is 10.0 Å². The van der Waals surface area contributed by atoms with Gasteiger partial charge in [-0.25, -0.2) is 13.1 Å². The van der Waals surface area contributed by atoms with Gasteiger partial charge >= 0.3 is 0 Å². The van der Waals surface area contributed by atoms with Crippen LogP contribution in [0.2, 0.25) is 0 Å². The Labute approximate surface area is 87.3 Å². The molecule has 0 aromatic rings. The van der Waals surface area contributed by atoms with Gasteiger partial charge < -0.3 is 0 Å². The maximum Gasteiger partial charge on any atom is 0.208 e. The van der Waals surface area contributed by atoms with Gasteiger partial charge in [0.05, 0.1) is 6.26 Å². The zero-order valence-corrected chi connectivity index (χ0v) is 10.3. The summed E-state index contributed by atoms with van der Waals surface area (Å²) in [6.45, 7) is 6.68. The maximum absolute atomic E-state index is 10.9. The smallest absolute Gasteiger partial charge is 0.208 e. The first-order valence-electron chi connectivity index (χ1n) is 5.13. The van der Waals surface area contributed by atoms with Crippen molar-refractivity contribution >= 4 is 10.0 Å². The molecule has 14 heavy (non-hydrogen) atoms.